The van der Waals surface area contributed by atoms with Crippen LogP contribution in [0.2, 0.25) is 0 Å². The average molecular weight is 332 g/mol. The molecule has 0 bridgehead atoms. The second-order valence-corrected chi connectivity index (χ2v) is 3.53. The lowest BCUT2D eigenvalue weighted by Crippen LogP contribution is -2.12. The summed E-state index contributed by atoms with van der Waals surface area (Å²) in [6, 6.07) is 0. The molecular formula is C10H20O8S2. The molecule has 0 spiro atoms. The molecule has 0 fully saturated rings. The first-order valence-corrected chi connectivity index (χ1v) is 6.87. The standard InChI is InChI=1S/C6H14O4.C4H6O4S2/c7-1-3-9-5-6-10-4-2-8;5-3(1-9)7-8-4(6)2-10/h7-8H,1-6H2;9-10H,1-2H2. The van der Waals surface area contributed by atoms with Crippen molar-refractivity contribution >= 4 is 37.2 Å². The second-order valence-electron chi connectivity index (χ2n) is 2.90. The lowest BCUT2D eigenvalue weighted by molar-refractivity contribution is -0.254. The normalized spacial score (nSPS) is 9.40. The minimum atomic E-state index is -0.710. The Morgan fingerprint density at radius 1 is 0.750 bits per heavy atom. The van der Waals surface area contributed by atoms with E-state index in [1.54, 1.807) is 0 Å². The highest BCUT2D eigenvalue weighted by molar-refractivity contribution is 7.81. The van der Waals surface area contributed by atoms with Crippen molar-refractivity contribution in [3.8, 4) is 0 Å². The zero-order chi connectivity index (χ0) is 15.6. The SMILES string of the molecule is O=C(CS)OOC(=O)CS.OCCOCCOCCO. The van der Waals surface area contributed by atoms with E-state index >= 15 is 0 Å². The third-order valence-electron chi connectivity index (χ3n) is 1.33. The first-order valence-electron chi connectivity index (χ1n) is 5.61. The molecule has 0 aromatic heterocycles. The van der Waals surface area contributed by atoms with E-state index in [9.17, 15) is 9.59 Å². The van der Waals surface area contributed by atoms with Crippen molar-refractivity contribution in [2.24, 2.45) is 0 Å². The maximum Gasteiger partial charge on any atom is 0.365 e. The van der Waals surface area contributed by atoms with E-state index in [2.05, 4.69) is 35.0 Å². The summed E-state index contributed by atoms with van der Waals surface area (Å²) < 4.78 is 9.75. The molecule has 0 aromatic rings. The van der Waals surface area contributed by atoms with Crippen molar-refractivity contribution in [3.63, 3.8) is 0 Å². The molecule has 0 heterocycles. The summed E-state index contributed by atoms with van der Waals surface area (Å²) >= 11 is 7.12. The molecule has 0 rings (SSSR count). The number of carbonyl (C=O) groups is 2. The van der Waals surface area contributed by atoms with Crippen LogP contribution in [0.4, 0.5) is 0 Å². The molecule has 0 saturated carbocycles. The highest BCUT2D eigenvalue weighted by Crippen LogP contribution is 1.87. The Bertz CT molecular complexity index is 215. The molecule has 2 N–H and O–H groups in total. The Hall–Kier alpha value is -0.520. The number of rotatable bonds is 9. The van der Waals surface area contributed by atoms with Gasteiger partial charge in [0.1, 0.15) is 0 Å². The van der Waals surface area contributed by atoms with Crippen LogP contribution in [0.1, 0.15) is 0 Å². The molecule has 120 valence electrons. The van der Waals surface area contributed by atoms with Gasteiger partial charge in [-0.15, -0.1) is 0 Å². The van der Waals surface area contributed by atoms with Crippen LogP contribution < -0.4 is 0 Å². The fourth-order valence-corrected chi connectivity index (χ4v) is 0.702. The smallest absolute Gasteiger partial charge is 0.365 e. The molecule has 0 radical (unpaired) electrons. The summed E-state index contributed by atoms with van der Waals surface area (Å²) in [5, 5.41) is 16.5. The van der Waals surface area contributed by atoms with Gasteiger partial charge in [-0.05, 0) is 0 Å². The monoisotopic (exact) mass is 332 g/mol. The molecular weight excluding hydrogens is 312 g/mol. The van der Waals surface area contributed by atoms with Gasteiger partial charge < -0.3 is 19.7 Å². The van der Waals surface area contributed by atoms with Crippen molar-refractivity contribution in [3.05, 3.63) is 0 Å². The van der Waals surface area contributed by atoms with Crippen LogP contribution in [0.3, 0.4) is 0 Å². The molecule has 0 aliphatic carbocycles. The highest BCUT2D eigenvalue weighted by Gasteiger charge is 2.04. The van der Waals surface area contributed by atoms with Gasteiger partial charge in [-0.3, -0.25) is 0 Å². The molecule has 0 amide bonds. The predicted molar refractivity (Wildman–Crippen MR) is 75.7 cm³/mol. The van der Waals surface area contributed by atoms with E-state index in [4.69, 9.17) is 19.7 Å². The van der Waals surface area contributed by atoms with Crippen LogP contribution in [0.25, 0.3) is 0 Å². The third-order valence-corrected chi connectivity index (χ3v) is 1.85. The summed E-state index contributed by atoms with van der Waals surface area (Å²) in [5.74, 6) is -1.67. The summed E-state index contributed by atoms with van der Waals surface area (Å²) in [6.45, 7) is 1.73. The number of thiol groups is 2. The van der Waals surface area contributed by atoms with Crippen molar-refractivity contribution in [1.29, 1.82) is 0 Å². The predicted octanol–water partition coefficient (Wildman–Crippen LogP) is -1.15. The average Bonchev–Trinajstić information content (AvgIpc) is 2.48. The van der Waals surface area contributed by atoms with Crippen molar-refractivity contribution in [1.82, 2.24) is 0 Å². The molecule has 10 heteroatoms. The van der Waals surface area contributed by atoms with Gasteiger partial charge in [-0.1, -0.05) is 0 Å². The van der Waals surface area contributed by atoms with Gasteiger partial charge in [-0.25, -0.2) is 19.4 Å². The highest BCUT2D eigenvalue weighted by atomic mass is 32.1. The summed E-state index contributed by atoms with van der Waals surface area (Å²) in [6.07, 6.45) is 0. The Labute approximate surface area is 128 Å². The molecule has 0 unspecified atom stereocenters. The van der Waals surface area contributed by atoms with Gasteiger partial charge in [0.2, 0.25) is 0 Å². The number of aliphatic hydroxyl groups excluding tert-OH is 2. The number of hydrogen-bond acceptors (Lipinski definition) is 10. The van der Waals surface area contributed by atoms with Gasteiger partial charge in [0.05, 0.1) is 51.1 Å². The molecule has 8 nitrogen and oxygen atoms in total. The number of aliphatic hydroxyl groups is 2. The fourth-order valence-electron chi connectivity index (χ4n) is 0.597. The molecule has 0 saturated heterocycles. The van der Waals surface area contributed by atoms with Crippen LogP contribution in [0.15, 0.2) is 0 Å². The number of carbonyl (C=O) groups excluding carboxylic acids is 2. The summed E-state index contributed by atoms with van der Waals surface area (Å²) in [4.78, 5) is 28.3. The summed E-state index contributed by atoms with van der Waals surface area (Å²) in [5.41, 5.74) is 0. The molecule has 0 aromatic carbocycles. The van der Waals surface area contributed by atoms with E-state index < -0.39 is 11.9 Å². The van der Waals surface area contributed by atoms with E-state index in [0.29, 0.717) is 26.4 Å². The molecule has 20 heavy (non-hydrogen) atoms. The van der Waals surface area contributed by atoms with Crippen molar-refractivity contribution in [2.45, 2.75) is 0 Å². The Morgan fingerprint density at radius 3 is 1.35 bits per heavy atom. The minimum Gasteiger partial charge on any atom is -0.394 e. The van der Waals surface area contributed by atoms with Crippen LogP contribution in [-0.4, -0.2) is 73.3 Å². The topological polar surface area (TPSA) is 112 Å². The van der Waals surface area contributed by atoms with Gasteiger partial charge >= 0.3 is 11.9 Å². The maximum absolute atomic E-state index is 10.2. The van der Waals surface area contributed by atoms with E-state index in [1.165, 1.54) is 0 Å². The Balaban J connectivity index is 0. The van der Waals surface area contributed by atoms with Crippen LogP contribution in [-0.2, 0) is 28.8 Å². The first-order chi connectivity index (χ1) is 9.62. The van der Waals surface area contributed by atoms with E-state index in [-0.39, 0.29) is 24.7 Å². The maximum atomic E-state index is 10.2. The Morgan fingerprint density at radius 2 is 1.10 bits per heavy atom. The van der Waals surface area contributed by atoms with E-state index in [0.717, 1.165) is 0 Å². The quantitative estimate of drug-likeness (QED) is 0.181. The molecule has 0 atom stereocenters. The Kier molecular flexibility index (Phi) is 20.1. The lowest BCUT2D eigenvalue weighted by Gasteiger charge is -2.01. The van der Waals surface area contributed by atoms with Gasteiger partial charge in [0, 0.05) is 0 Å². The zero-order valence-electron chi connectivity index (χ0n) is 10.9. The summed E-state index contributed by atoms with van der Waals surface area (Å²) in [7, 11) is 0. The number of ether oxygens (including phenoxy) is 2. The van der Waals surface area contributed by atoms with E-state index in [1.807, 2.05) is 0 Å². The largest absolute Gasteiger partial charge is 0.394 e. The zero-order valence-corrected chi connectivity index (χ0v) is 12.7. The van der Waals surface area contributed by atoms with Crippen LogP contribution >= 0.6 is 25.3 Å². The second kappa shape index (κ2) is 18.5. The van der Waals surface area contributed by atoms with Gasteiger partial charge in [0.15, 0.2) is 0 Å². The lowest BCUT2D eigenvalue weighted by atomic mass is 10.7. The molecule has 0 aliphatic heterocycles. The third kappa shape index (κ3) is 19.8. The van der Waals surface area contributed by atoms with Crippen LogP contribution in [0.5, 0.6) is 0 Å². The van der Waals surface area contributed by atoms with Crippen molar-refractivity contribution < 1.29 is 39.1 Å². The van der Waals surface area contributed by atoms with Crippen molar-refractivity contribution in [2.75, 3.05) is 51.1 Å². The van der Waals surface area contributed by atoms with Gasteiger partial charge in [-0.2, -0.15) is 25.3 Å². The minimum absolute atomic E-state index is 0.0417. The molecule has 0 aliphatic rings. The fraction of sp³-hybridized carbons (Fsp3) is 0.800. The first kappa shape index (κ1) is 21.8. The van der Waals surface area contributed by atoms with Crippen LogP contribution in [0, 0.1) is 0 Å². The number of hydrogen-bond donors (Lipinski definition) is 4. The van der Waals surface area contributed by atoms with Gasteiger partial charge in [0.25, 0.3) is 0 Å².